The van der Waals surface area contributed by atoms with E-state index < -0.39 is 11.6 Å². The topological polar surface area (TPSA) is 58.6 Å². The summed E-state index contributed by atoms with van der Waals surface area (Å²) < 4.78 is 5.41. The van der Waals surface area contributed by atoms with Gasteiger partial charge in [-0.3, -0.25) is 0 Å². The lowest BCUT2D eigenvalue weighted by atomic mass is 10.1. The molecule has 1 aliphatic heterocycles. The minimum atomic E-state index is -0.507. The maximum atomic E-state index is 12.3. The van der Waals surface area contributed by atoms with E-state index in [2.05, 4.69) is 5.32 Å². The first-order valence-corrected chi connectivity index (χ1v) is 7.67. The van der Waals surface area contributed by atoms with Crippen molar-refractivity contribution in [2.75, 3.05) is 6.54 Å². The quantitative estimate of drug-likeness (QED) is 0.791. The normalized spacial score (nSPS) is 23.9. The minimum absolute atomic E-state index is 0.106. The number of amides is 2. The molecule has 2 amide bonds. The van der Waals surface area contributed by atoms with E-state index in [1.807, 2.05) is 20.8 Å². The van der Waals surface area contributed by atoms with Gasteiger partial charge in [-0.2, -0.15) is 0 Å². The van der Waals surface area contributed by atoms with E-state index in [0.29, 0.717) is 13.0 Å². The van der Waals surface area contributed by atoms with Crippen LogP contribution in [0.4, 0.5) is 4.79 Å². The molecule has 20 heavy (non-hydrogen) atoms. The zero-order valence-corrected chi connectivity index (χ0v) is 12.8. The van der Waals surface area contributed by atoms with Gasteiger partial charge < -0.3 is 15.0 Å². The van der Waals surface area contributed by atoms with Crippen molar-refractivity contribution in [2.45, 2.75) is 77.0 Å². The number of urea groups is 1. The number of nitrogens with zero attached hydrogens (tertiary/aromatic N) is 1. The minimum Gasteiger partial charge on any atom is -0.458 e. The van der Waals surface area contributed by atoms with E-state index in [4.69, 9.17) is 4.74 Å². The molecule has 0 aromatic carbocycles. The number of carbonyl (C=O) groups is 2. The molecule has 114 valence electrons. The van der Waals surface area contributed by atoms with Gasteiger partial charge in [0.05, 0.1) is 0 Å². The van der Waals surface area contributed by atoms with Crippen molar-refractivity contribution in [3.8, 4) is 0 Å². The van der Waals surface area contributed by atoms with Crippen molar-refractivity contribution in [1.82, 2.24) is 10.2 Å². The Kier molecular flexibility index (Phi) is 4.55. The molecule has 0 aromatic rings. The van der Waals surface area contributed by atoms with Gasteiger partial charge in [0.2, 0.25) is 0 Å². The van der Waals surface area contributed by atoms with Crippen LogP contribution in [-0.2, 0) is 9.53 Å². The summed E-state index contributed by atoms with van der Waals surface area (Å²) in [6.45, 7) is 6.19. The molecule has 5 nitrogen and oxygen atoms in total. The van der Waals surface area contributed by atoms with Crippen LogP contribution in [0.25, 0.3) is 0 Å². The first-order chi connectivity index (χ1) is 9.37. The number of hydrogen-bond acceptors (Lipinski definition) is 3. The molecule has 1 saturated carbocycles. The van der Waals surface area contributed by atoms with Gasteiger partial charge in [-0.05, 0) is 46.5 Å². The van der Waals surface area contributed by atoms with E-state index in [-0.39, 0.29) is 18.0 Å². The fourth-order valence-corrected chi connectivity index (χ4v) is 2.95. The molecule has 1 aliphatic carbocycles. The van der Waals surface area contributed by atoms with Crippen molar-refractivity contribution >= 4 is 12.0 Å². The Morgan fingerprint density at radius 1 is 1.10 bits per heavy atom. The molecular weight excluding hydrogens is 256 g/mol. The van der Waals surface area contributed by atoms with Crippen molar-refractivity contribution in [3.05, 3.63) is 0 Å². The highest BCUT2D eigenvalue weighted by Gasteiger charge is 2.37. The van der Waals surface area contributed by atoms with Crippen LogP contribution in [-0.4, -0.2) is 41.1 Å². The molecule has 1 saturated heterocycles. The largest absolute Gasteiger partial charge is 0.458 e. The maximum Gasteiger partial charge on any atom is 0.329 e. The summed E-state index contributed by atoms with van der Waals surface area (Å²) in [7, 11) is 0. The Morgan fingerprint density at radius 3 is 2.35 bits per heavy atom. The van der Waals surface area contributed by atoms with E-state index in [1.165, 1.54) is 12.8 Å². The van der Waals surface area contributed by atoms with Gasteiger partial charge in [0, 0.05) is 12.6 Å². The van der Waals surface area contributed by atoms with Crippen molar-refractivity contribution < 1.29 is 14.3 Å². The SMILES string of the molecule is CC(C)(C)OC(=O)[C@@H]1CCCN1C(=O)NC1CCCC1. The molecule has 0 radical (unpaired) electrons. The Labute approximate surface area is 121 Å². The lowest BCUT2D eigenvalue weighted by molar-refractivity contribution is -0.159. The lowest BCUT2D eigenvalue weighted by Crippen LogP contribution is -2.49. The third kappa shape index (κ3) is 3.87. The van der Waals surface area contributed by atoms with Gasteiger partial charge in [0.1, 0.15) is 11.6 Å². The zero-order chi connectivity index (χ0) is 14.8. The Balaban J connectivity index is 1.92. The fraction of sp³-hybridized carbons (Fsp3) is 0.867. The maximum absolute atomic E-state index is 12.3. The Hall–Kier alpha value is -1.26. The van der Waals surface area contributed by atoms with Crippen molar-refractivity contribution in [3.63, 3.8) is 0 Å². The van der Waals surface area contributed by atoms with E-state index >= 15 is 0 Å². The molecule has 0 bridgehead atoms. The van der Waals surface area contributed by atoms with E-state index in [0.717, 1.165) is 19.3 Å². The first-order valence-electron chi connectivity index (χ1n) is 7.67. The molecule has 5 heteroatoms. The molecule has 0 unspecified atom stereocenters. The summed E-state index contributed by atoms with van der Waals surface area (Å²) >= 11 is 0. The summed E-state index contributed by atoms with van der Waals surface area (Å²) in [5.74, 6) is -0.281. The van der Waals surface area contributed by atoms with Crippen molar-refractivity contribution in [1.29, 1.82) is 0 Å². The predicted octanol–water partition coefficient (Wildman–Crippen LogP) is 2.44. The van der Waals surface area contributed by atoms with Gasteiger partial charge in [-0.1, -0.05) is 12.8 Å². The highest BCUT2D eigenvalue weighted by atomic mass is 16.6. The second-order valence-corrected chi connectivity index (χ2v) is 6.82. The van der Waals surface area contributed by atoms with Crippen LogP contribution in [0.1, 0.15) is 59.3 Å². The molecule has 1 N–H and O–H groups in total. The van der Waals surface area contributed by atoms with Crippen LogP contribution in [0.3, 0.4) is 0 Å². The van der Waals surface area contributed by atoms with Gasteiger partial charge in [0.15, 0.2) is 0 Å². The molecule has 0 aromatic heterocycles. The number of carbonyl (C=O) groups excluding carboxylic acids is 2. The van der Waals surface area contributed by atoms with Crippen LogP contribution < -0.4 is 5.32 Å². The summed E-state index contributed by atoms with van der Waals surface area (Å²) in [6, 6.07) is -0.247. The summed E-state index contributed by atoms with van der Waals surface area (Å²) in [5, 5.41) is 3.05. The number of esters is 1. The summed E-state index contributed by atoms with van der Waals surface area (Å²) in [4.78, 5) is 26.1. The van der Waals surface area contributed by atoms with Gasteiger partial charge in [-0.15, -0.1) is 0 Å². The molecule has 1 atom stereocenters. The molecule has 2 aliphatic rings. The molecule has 2 rings (SSSR count). The summed E-state index contributed by atoms with van der Waals surface area (Å²) in [5.41, 5.74) is -0.507. The number of nitrogens with one attached hydrogen (secondary N) is 1. The zero-order valence-electron chi connectivity index (χ0n) is 12.8. The van der Waals surface area contributed by atoms with Crippen LogP contribution in [0.5, 0.6) is 0 Å². The third-order valence-corrected chi connectivity index (χ3v) is 3.88. The number of ether oxygens (including phenoxy) is 1. The Morgan fingerprint density at radius 2 is 1.75 bits per heavy atom. The van der Waals surface area contributed by atoms with Crippen LogP contribution >= 0.6 is 0 Å². The second-order valence-electron chi connectivity index (χ2n) is 6.82. The fourth-order valence-electron chi connectivity index (χ4n) is 2.95. The highest BCUT2D eigenvalue weighted by Crippen LogP contribution is 2.23. The lowest BCUT2D eigenvalue weighted by Gasteiger charge is -2.28. The molecule has 2 fully saturated rings. The average Bonchev–Trinajstić information content (AvgIpc) is 2.96. The summed E-state index contributed by atoms with van der Waals surface area (Å²) in [6.07, 6.45) is 6.03. The smallest absolute Gasteiger partial charge is 0.329 e. The van der Waals surface area contributed by atoms with Gasteiger partial charge >= 0.3 is 12.0 Å². The number of rotatable bonds is 2. The number of likely N-dealkylation sites (tertiary alicyclic amines) is 1. The van der Waals surface area contributed by atoms with Crippen LogP contribution in [0.2, 0.25) is 0 Å². The predicted molar refractivity (Wildman–Crippen MR) is 76.4 cm³/mol. The first kappa shape index (κ1) is 15.1. The highest BCUT2D eigenvalue weighted by molar-refractivity contribution is 5.84. The standard InChI is InChI=1S/C15H26N2O3/c1-15(2,3)20-13(18)12-9-6-10-17(12)14(19)16-11-7-4-5-8-11/h11-12H,4-10H2,1-3H3,(H,16,19)/t12-/m0/s1. The monoisotopic (exact) mass is 282 g/mol. The van der Waals surface area contributed by atoms with Crippen LogP contribution in [0.15, 0.2) is 0 Å². The Bertz CT molecular complexity index is 370. The van der Waals surface area contributed by atoms with Crippen molar-refractivity contribution in [2.24, 2.45) is 0 Å². The molecule has 0 spiro atoms. The number of hydrogen-bond donors (Lipinski definition) is 1. The molecular formula is C15H26N2O3. The second kappa shape index (κ2) is 6.02. The molecule has 1 heterocycles. The third-order valence-electron chi connectivity index (χ3n) is 3.88. The van der Waals surface area contributed by atoms with Gasteiger partial charge in [0.25, 0.3) is 0 Å². The van der Waals surface area contributed by atoms with Crippen LogP contribution in [0, 0.1) is 0 Å². The van der Waals surface area contributed by atoms with E-state index in [1.54, 1.807) is 4.90 Å². The average molecular weight is 282 g/mol. The van der Waals surface area contributed by atoms with E-state index in [9.17, 15) is 9.59 Å². The van der Waals surface area contributed by atoms with Gasteiger partial charge in [-0.25, -0.2) is 9.59 Å².